The second-order valence-electron chi connectivity index (χ2n) is 4.24. The van der Waals surface area contributed by atoms with E-state index in [9.17, 15) is 9.00 Å². The van der Waals surface area contributed by atoms with Crippen molar-refractivity contribution in [1.82, 2.24) is 10.3 Å². The van der Waals surface area contributed by atoms with E-state index in [1.807, 2.05) is 13.8 Å². The van der Waals surface area contributed by atoms with Crippen molar-refractivity contribution in [3.63, 3.8) is 0 Å². The Morgan fingerprint density at radius 2 is 2.22 bits per heavy atom. The van der Waals surface area contributed by atoms with Crippen molar-refractivity contribution >= 4 is 22.5 Å². The zero-order valence-corrected chi connectivity index (χ0v) is 11.7. The van der Waals surface area contributed by atoms with Crippen LogP contribution in [0.1, 0.15) is 29.9 Å². The van der Waals surface area contributed by atoms with Gasteiger partial charge in [0.2, 0.25) is 0 Å². The molecule has 0 spiro atoms. The summed E-state index contributed by atoms with van der Waals surface area (Å²) in [6.07, 6.45) is 2.34. The third kappa shape index (κ3) is 4.44. The average molecular weight is 269 g/mol. The lowest BCUT2D eigenvalue weighted by Gasteiger charge is -2.13. The molecule has 2 atom stereocenters. The number of hydrogen-bond acceptors (Lipinski definition) is 4. The van der Waals surface area contributed by atoms with Gasteiger partial charge in [-0.1, -0.05) is 6.92 Å². The lowest BCUT2D eigenvalue weighted by atomic mass is 10.1. The molecule has 0 bridgehead atoms. The summed E-state index contributed by atoms with van der Waals surface area (Å²) in [6, 6.07) is 3.13. The van der Waals surface area contributed by atoms with Crippen molar-refractivity contribution in [3.05, 3.63) is 23.4 Å². The highest BCUT2D eigenvalue weighted by Gasteiger charge is 2.12. The van der Waals surface area contributed by atoms with Crippen molar-refractivity contribution in [2.45, 2.75) is 26.3 Å². The molecule has 0 radical (unpaired) electrons. The quantitative estimate of drug-likeness (QED) is 0.825. The largest absolute Gasteiger partial charge is 0.384 e. The summed E-state index contributed by atoms with van der Waals surface area (Å²) >= 11 is 0. The highest BCUT2D eigenvalue weighted by molar-refractivity contribution is 7.84. The lowest BCUT2D eigenvalue weighted by molar-refractivity contribution is 0.0943. The predicted molar refractivity (Wildman–Crippen MR) is 73.9 cm³/mol. The maximum Gasteiger partial charge on any atom is 0.251 e. The van der Waals surface area contributed by atoms with E-state index in [-0.39, 0.29) is 11.9 Å². The highest BCUT2D eigenvalue weighted by atomic mass is 32.2. The molecular weight excluding hydrogens is 250 g/mol. The Labute approximate surface area is 110 Å². The number of aryl methyl sites for hydroxylation is 1. The summed E-state index contributed by atoms with van der Waals surface area (Å²) in [5.74, 6) is 0.565. The van der Waals surface area contributed by atoms with E-state index in [0.29, 0.717) is 17.1 Å². The first kappa shape index (κ1) is 14.6. The van der Waals surface area contributed by atoms with Crippen molar-refractivity contribution in [2.75, 3.05) is 17.7 Å². The van der Waals surface area contributed by atoms with Gasteiger partial charge in [0, 0.05) is 40.1 Å². The molecule has 0 saturated carbocycles. The average Bonchev–Trinajstić information content (AvgIpc) is 2.26. The van der Waals surface area contributed by atoms with Gasteiger partial charge in [0.25, 0.3) is 5.91 Å². The number of nitrogens with two attached hydrogens (primary N) is 1. The molecule has 0 aliphatic carbocycles. The van der Waals surface area contributed by atoms with E-state index >= 15 is 0 Å². The maximum atomic E-state index is 12.0. The van der Waals surface area contributed by atoms with Gasteiger partial charge in [-0.15, -0.1) is 0 Å². The minimum Gasteiger partial charge on any atom is -0.384 e. The summed E-state index contributed by atoms with van der Waals surface area (Å²) in [6.45, 7) is 3.77. The first-order valence-electron chi connectivity index (χ1n) is 5.79. The van der Waals surface area contributed by atoms with Gasteiger partial charge in [0.05, 0.1) is 0 Å². The molecule has 0 aliphatic heterocycles. The third-order valence-electron chi connectivity index (χ3n) is 2.38. The van der Waals surface area contributed by atoms with Crippen LogP contribution in [0.4, 0.5) is 5.82 Å². The number of amides is 1. The van der Waals surface area contributed by atoms with Crippen LogP contribution in [0.2, 0.25) is 0 Å². The molecule has 3 N–H and O–H groups in total. The molecule has 1 aromatic rings. The maximum absolute atomic E-state index is 12.0. The van der Waals surface area contributed by atoms with Gasteiger partial charge < -0.3 is 11.1 Å². The molecule has 18 heavy (non-hydrogen) atoms. The van der Waals surface area contributed by atoms with Crippen molar-refractivity contribution in [1.29, 1.82) is 0 Å². The highest BCUT2D eigenvalue weighted by Crippen LogP contribution is 2.08. The second-order valence-corrected chi connectivity index (χ2v) is 5.72. The molecule has 0 fully saturated rings. The topological polar surface area (TPSA) is 85.1 Å². The summed E-state index contributed by atoms with van der Waals surface area (Å²) in [7, 11) is -0.931. The standard InChI is InChI=1S/C12H19N3O2S/c1-4-10-5-9(6-11(13)15-10)12(16)14-8(2)7-18(3)17/h5-6,8H,4,7H2,1-3H3,(H2,13,15)(H,14,16). The molecule has 0 aliphatic rings. The van der Waals surface area contributed by atoms with Crippen LogP contribution >= 0.6 is 0 Å². The monoisotopic (exact) mass is 269 g/mol. The molecule has 1 aromatic heterocycles. The molecule has 5 nitrogen and oxygen atoms in total. The van der Waals surface area contributed by atoms with E-state index in [1.54, 1.807) is 18.4 Å². The number of anilines is 1. The zero-order valence-electron chi connectivity index (χ0n) is 10.9. The molecule has 0 aromatic carbocycles. The fourth-order valence-electron chi connectivity index (χ4n) is 1.62. The van der Waals surface area contributed by atoms with E-state index in [1.165, 1.54) is 0 Å². The number of carbonyl (C=O) groups excluding carboxylic acids is 1. The van der Waals surface area contributed by atoms with Crippen molar-refractivity contribution in [2.24, 2.45) is 0 Å². The smallest absolute Gasteiger partial charge is 0.251 e. The summed E-state index contributed by atoms with van der Waals surface area (Å²) < 4.78 is 11.1. The van der Waals surface area contributed by atoms with Crippen LogP contribution in [0.15, 0.2) is 12.1 Å². The van der Waals surface area contributed by atoms with Gasteiger partial charge in [-0.25, -0.2) is 4.98 Å². The van der Waals surface area contributed by atoms with E-state index in [4.69, 9.17) is 5.73 Å². The lowest BCUT2D eigenvalue weighted by Crippen LogP contribution is -2.36. The Bertz CT molecular complexity index is 463. The summed E-state index contributed by atoms with van der Waals surface area (Å²) in [5, 5.41) is 2.79. The van der Waals surface area contributed by atoms with E-state index < -0.39 is 10.8 Å². The fourth-order valence-corrected chi connectivity index (χ4v) is 2.41. The third-order valence-corrected chi connectivity index (χ3v) is 3.35. The number of nitrogen functional groups attached to an aromatic ring is 1. The minimum absolute atomic E-state index is 0.136. The number of pyridine rings is 1. The van der Waals surface area contributed by atoms with Gasteiger partial charge in [-0.2, -0.15) is 0 Å². The number of nitrogens with one attached hydrogen (secondary N) is 1. The molecule has 2 unspecified atom stereocenters. The summed E-state index contributed by atoms with van der Waals surface area (Å²) in [5.41, 5.74) is 6.92. The van der Waals surface area contributed by atoms with Crippen LogP contribution in [0, 0.1) is 0 Å². The number of nitrogens with zero attached hydrogens (tertiary/aromatic N) is 1. The Balaban J connectivity index is 2.77. The number of aromatic nitrogens is 1. The molecule has 1 heterocycles. The van der Waals surface area contributed by atoms with Gasteiger partial charge in [-0.05, 0) is 25.5 Å². The van der Waals surface area contributed by atoms with Crippen LogP contribution < -0.4 is 11.1 Å². The Kier molecular flexibility index (Phi) is 5.27. The van der Waals surface area contributed by atoms with E-state index in [2.05, 4.69) is 10.3 Å². The van der Waals surface area contributed by atoms with Crippen LogP contribution in [0.25, 0.3) is 0 Å². The minimum atomic E-state index is -0.931. The molecule has 1 amide bonds. The zero-order chi connectivity index (χ0) is 13.7. The summed E-state index contributed by atoms with van der Waals surface area (Å²) in [4.78, 5) is 16.1. The Hall–Kier alpha value is -1.43. The van der Waals surface area contributed by atoms with Gasteiger partial charge in [0.15, 0.2) is 0 Å². The molecule has 6 heteroatoms. The number of rotatable bonds is 5. The first-order valence-corrected chi connectivity index (χ1v) is 7.52. The SMILES string of the molecule is CCc1cc(C(=O)NC(C)CS(C)=O)cc(N)n1. The second kappa shape index (κ2) is 6.49. The van der Waals surface area contributed by atoms with Crippen LogP contribution in [-0.4, -0.2) is 33.2 Å². The number of carbonyl (C=O) groups is 1. The molecule has 0 saturated heterocycles. The van der Waals surface area contributed by atoms with Crippen LogP contribution in [-0.2, 0) is 17.2 Å². The van der Waals surface area contributed by atoms with Gasteiger partial charge in [0.1, 0.15) is 5.82 Å². The number of hydrogen-bond donors (Lipinski definition) is 2. The van der Waals surface area contributed by atoms with Gasteiger partial charge >= 0.3 is 0 Å². The predicted octanol–water partition coefficient (Wildman–Crippen LogP) is 0.723. The van der Waals surface area contributed by atoms with Crippen molar-refractivity contribution in [3.8, 4) is 0 Å². The van der Waals surface area contributed by atoms with Crippen molar-refractivity contribution < 1.29 is 9.00 Å². The Morgan fingerprint density at radius 3 is 2.78 bits per heavy atom. The van der Waals surface area contributed by atoms with Crippen LogP contribution in [0.3, 0.4) is 0 Å². The first-order chi connectivity index (χ1) is 8.42. The molecule has 1 rings (SSSR count). The molecular formula is C12H19N3O2S. The molecule has 100 valence electrons. The van der Waals surface area contributed by atoms with E-state index in [0.717, 1.165) is 12.1 Å². The normalized spacial score (nSPS) is 13.9. The Morgan fingerprint density at radius 1 is 1.56 bits per heavy atom. The fraction of sp³-hybridized carbons (Fsp3) is 0.500. The van der Waals surface area contributed by atoms with Crippen LogP contribution in [0.5, 0.6) is 0 Å². The van der Waals surface area contributed by atoms with Gasteiger partial charge in [-0.3, -0.25) is 9.00 Å².